The van der Waals surface area contributed by atoms with Crippen LogP contribution in [0.2, 0.25) is 0 Å². The largest absolute Gasteiger partial charge is 0.343 e. The molecule has 0 aromatic carbocycles. The van der Waals surface area contributed by atoms with Gasteiger partial charge in [-0.2, -0.15) is 0 Å². The van der Waals surface area contributed by atoms with Gasteiger partial charge < -0.3 is 4.90 Å². The van der Waals surface area contributed by atoms with Gasteiger partial charge in [0.25, 0.3) is 0 Å². The van der Waals surface area contributed by atoms with Crippen LogP contribution >= 0.6 is 0 Å². The first-order valence-corrected chi connectivity index (χ1v) is 5.13. The van der Waals surface area contributed by atoms with Gasteiger partial charge in [0.05, 0.1) is 0 Å². The van der Waals surface area contributed by atoms with Crippen molar-refractivity contribution in [3.63, 3.8) is 0 Å². The molecule has 1 amide bonds. The van der Waals surface area contributed by atoms with Gasteiger partial charge in [-0.1, -0.05) is 27.7 Å². The van der Waals surface area contributed by atoms with E-state index in [2.05, 4.69) is 20.8 Å². The second-order valence-electron chi connectivity index (χ2n) is 4.58. The smallest absolute Gasteiger partial charge is 0.225 e. The highest BCUT2D eigenvalue weighted by molar-refractivity contribution is 5.78. The van der Waals surface area contributed by atoms with Gasteiger partial charge in [0, 0.05) is 19.0 Å². The van der Waals surface area contributed by atoms with Crippen LogP contribution in [-0.2, 0) is 4.79 Å². The molecule has 0 aliphatic heterocycles. The van der Waals surface area contributed by atoms with E-state index in [0.717, 1.165) is 6.42 Å². The summed E-state index contributed by atoms with van der Waals surface area (Å²) in [5.41, 5.74) is 0. The minimum atomic E-state index is 0.111. The topological polar surface area (TPSA) is 20.3 Å². The fraction of sp³-hybridized carbons (Fsp3) is 0.909. The van der Waals surface area contributed by atoms with Crippen LogP contribution < -0.4 is 0 Å². The normalized spacial score (nSPS) is 13.5. The molecule has 0 aliphatic rings. The van der Waals surface area contributed by atoms with Gasteiger partial charge in [0.2, 0.25) is 5.91 Å². The van der Waals surface area contributed by atoms with Crippen molar-refractivity contribution >= 4 is 5.91 Å². The number of amides is 1. The molecule has 0 unspecified atom stereocenters. The Morgan fingerprint density at radius 2 is 1.62 bits per heavy atom. The average Bonchev–Trinajstić information content (AvgIpc) is 2.00. The molecule has 0 radical (unpaired) electrons. The Hall–Kier alpha value is -0.530. The van der Waals surface area contributed by atoms with Crippen LogP contribution in [0.1, 0.15) is 41.0 Å². The average molecular weight is 185 g/mol. The zero-order chi connectivity index (χ0) is 10.6. The highest BCUT2D eigenvalue weighted by atomic mass is 16.2. The molecule has 2 heteroatoms. The lowest BCUT2D eigenvalue weighted by Gasteiger charge is -2.27. The third-order valence-electron chi connectivity index (χ3n) is 2.32. The third kappa shape index (κ3) is 4.30. The standard InChI is InChI=1S/C11H23NO/c1-8(2)7-10(5)12(6)11(13)9(3)4/h8-10H,7H2,1-6H3/t10-/m0/s1. The van der Waals surface area contributed by atoms with Crippen molar-refractivity contribution in [1.29, 1.82) is 0 Å². The minimum absolute atomic E-state index is 0.111. The maximum Gasteiger partial charge on any atom is 0.225 e. The molecular weight excluding hydrogens is 162 g/mol. The fourth-order valence-electron chi connectivity index (χ4n) is 1.46. The first-order valence-electron chi connectivity index (χ1n) is 5.13. The van der Waals surface area contributed by atoms with Gasteiger partial charge in [-0.3, -0.25) is 4.79 Å². The van der Waals surface area contributed by atoms with Crippen LogP contribution in [0.3, 0.4) is 0 Å². The first-order chi connectivity index (χ1) is 5.86. The summed E-state index contributed by atoms with van der Waals surface area (Å²) < 4.78 is 0. The molecule has 0 rings (SSSR count). The molecule has 0 heterocycles. The second-order valence-corrected chi connectivity index (χ2v) is 4.58. The van der Waals surface area contributed by atoms with E-state index < -0.39 is 0 Å². The van der Waals surface area contributed by atoms with Crippen molar-refractivity contribution < 1.29 is 4.79 Å². The molecule has 0 aromatic rings. The Morgan fingerprint density at radius 3 is 1.92 bits per heavy atom. The predicted octanol–water partition coefficient (Wildman–Crippen LogP) is 2.54. The number of hydrogen-bond donors (Lipinski definition) is 0. The van der Waals surface area contributed by atoms with Gasteiger partial charge in [-0.05, 0) is 19.3 Å². The summed E-state index contributed by atoms with van der Waals surface area (Å²) in [5, 5.41) is 0. The Morgan fingerprint density at radius 1 is 1.15 bits per heavy atom. The summed E-state index contributed by atoms with van der Waals surface area (Å²) >= 11 is 0. The van der Waals surface area contributed by atoms with E-state index in [1.54, 1.807) is 0 Å². The zero-order valence-electron chi connectivity index (χ0n) is 9.79. The van der Waals surface area contributed by atoms with Gasteiger partial charge in [0.15, 0.2) is 0 Å². The van der Waals surface area contributed by atoms with Crippen molar-refractivity contribution in [1.82, 2.24) is 4.90 Å². The Balaban J connectivity index is 4.09. The molecule has 0 spiro atoms. The van der Waals surface area contributed by atoms with Crippen LogP contribution in [0.5, 0.6) is 0 Å². The molecule has 78 valence electrons. The summed E-state index contributed by atoms with van der Waals surface area (Å²) in [7, 11) is 1.90. The van der Waals surface area contributed by atoms with Gasteiger partial charge >= 0.3 is 0 Å². The lowest BCUT2D eigenvalue weighted by molar-refractivity contribution is -0.135. The van der Waals surface area contributed by atoms with Crippen LogP contribution in [0.4, 0.5) is 0 Å². The van der Waals surface area contributed by atoms with Crippen molar-refractivity contribution in [2.45, 2.75) is 47.1 Å². The molecular formula is C11H23NO. The highest BCUT2D eigenvalue weighted by Gasteiger charge is 2.18. The van der Waals surface area contributed by atoms with Crippen LogP contribution in [0.25, 0.3) is 0 Å². The zero-order valence-corrected chi connectivity index (χ0v) is 9.79. The molecule has 1 atom stereocenters. The van der Waals surface area contributed by atoms with Crippen LogP contribution in [0, 0.1) is 11.8 Å². The van der Waals surface area contributed by atoms with Gasteiger partial charge in [-0.25, -0.2) is 0 Å². The summed E-state index contributed by atoms with van der Waals surface area (Å²) in [5.74, 6) is 1.00. The van der Waals surface area contributed by atoms with E-state index >= 15 is 0 Å². The van der Waals surface area contributed by atoms with E-state index in [9.17, 15) is 4.79 Å². The molecule has 0 aliphatic carbocycles. The quantitative estimate of drug-likeness (QED) is 0.659. The minimum Gasteiger partial charge on any atom is -0.343 e. The van der Waals surface area contributed by atoms with E-state index in [1.165, 1.54) is 0 Å². The molecule has 0 saturated carbocycles. The molecule has 13 heavy (non-hydrogen) atoms. The molecule has 0 saturated heterocycles. The lowest BCUT2D eigenvalue weighted by Crippen LogP contribution is -2.38. The van der Waals surface area contributed by atoms with E-state index in [4.69, 9.17) is 0 Å². The van der Waals surface area contributed by atoms with Crippen LogP contribution in [0.15, 0.2) is 0 Å². The van der Waals surface area contributed by atoms with Crippen molar-refractivity contribution in [2.75, 3.05) is 7.05 Å². The number of nitrogens with zero attached hydrogens (tertiary/aromatic N) is 1. The van der Waals surface area contributed by atoms with Gasteiger partial charge in [0.1, 0.15) is 0 Å². The summed E-state index contributed by atoms with van der Waals surface area (Å²) in [6.07, 6.45) is 1.08. The summed E-state index contributed by atoms with van der Waals surface area (Å²) in [4.78, 5) is 13.5. The Kier molecular flexibility index (Phi) is 5.04. The summed E-state index contributed by atoms with van der Waals surface area (Å²) in [6, 6.07) is 0.356. The number of hydrogen-bond acceptors (Lipinski definition) is 1. The van der Waals surface area contributed by atoms with E-state index in [0.29, 0.717) is 12.0 Å². The number of carbonyl (C=O) groups is 1. The summed E-state index contributed by atoms with van der Waals surface area (Å²) in [6.45, 7) is 10.4. The molecule has 2 nitrogen and oxygen atoms in total. The van der Waals surface area contributed by atoms with Crippen molar-refractivity contribution in [3.05, 3.63) is 0 Å². The molecule has 0 fully saturated rings. The maximum absolute atomic E-state index is 11.6. The third-order valence-corrected chi connectivity index (χ3v) is 2.32. The van der Waals surface area contributed by atoms with E-state index in [1.807, 2.05) is 25.8 Å². The predicted molar refractivity (Wildman–Crippen MR) is 56.5 cm³/mol. The lowest BCUT2D eigenvalue weighted by atomic mass is 10.0. The van der Waals surface area contributed by atoms with Crippen LogP contribution in [-0.4, -0.2) is 23.9 Å². The van der Waals surface area contributed by atoms with Crippen molar-refractivity contribution in [3.8, 4) is 0 Å². The molecule has 0 aromatic heterocycles. The first kappa shape index (κ1) is 12.5. The second kappa shape index (κ2) is 5.25. The Labute approximate surface area is 82.3 Å². The number of carbonyl (C=O) groups excluding carboxylic acids is 1. The van der Waals surface area contributed by atoms with Gasteiger partial charge in [-0.15, -0.1) is 0 Å². The molecule has 0 N–H and O–H groups in total. The Bertz CT molecular complexity index is 163. The highest BCUT2D eigenvalue weighted by Crippen LogP contribution is 2.11. The maximum atomic E-state index is 11.6. The monoisotopic (exact) mass is 185 g/mol. The van der Waals surface area contributed by atoms with Crippen molar-refractivity contribution in [2.24, 2.45) is 11.8 Å². The fourth-order valence-corrected chi connectivity index (χ4v) is 1.46. The number of rotatable bonds is 4. The SMILES string of the molecule is CC(C)C[C@H](C)N(C)C(=O)C(C)C. The molecule has 0 bridgehead atoms. The van der Waals surface area contributed by atoms with E-state index in [-0.39, 0.29) is 11.8 Å².